The van der Waals surface area contributed by atoms with Crippen molar-refractivity contribution in [3.05, 3.63) is 41.7 Å². The highest BCUT2D eigenvalue weighted by atomic mass is 35.5. The van der Waals surface area contributed by atoms with Crippen LogP contribution in [0.1, 0.15) is 0 Å². The summed E-state index contributed by atoms with van der Waals surface area (Å²) < 4.78 is 10.6. The van der Waals surface area contributed by atoms with Crippen LogP contribution in [0.15, 0.2) is 36.7 Å². The van der Waals surface area contributed by atoms with Crippen LogP contribution in [-0.4, -0.2) is 24.2 Å². The topological polar surface area (TPSA) is 82.3 Å². The lowest BCUT2D eigenvalue weighted by Gasteiger charge is -2.15. The van der Waals surface area contributed by atoms with Crippen molar-refractivity contribution < 1.29 is 9.47 Å². The molecule has 3 N–H and O–H groups in total. The summed E-state index contributed by atoms with van der Waals surface area (Å²) in [5, 5.41) is 4.49. The first-order valence-electron chi connectivity index (χ1n) is 6.81. The molecule has 0 spiro atoms. The maximum Gasteiger partial charge on any atom is 0.184 e. The fourth-order valence-corrected chi connectivity index (χ4v) is 2.56. The van der Waals surface area contributed by atoms with Crippen LogP contribution in [0.2, 0.25) is 5.02 Å². The molecule has 1 heterocycles. The van der Waals surface area contributed by atoms with Crippen LogP contribution in [-0.2, 0) is 0 Å². The molecule has 0 bridgehead atoms. The van der Waals surface area contributed by atoms with E-state index in [1.165, 1.54) is 13.4 Å². The number of ether oxygens (including phenoxy) is 2. The van der Waals surface area contributed by atoms with Gasteiger partial charge in [-0.3, -0.25) is 0 Å². The van der Waals surface area contributed by atoms with Gasteiger partial charge in [0.1, 0.15) is 12.1 Å². The minimum atomic E-state index is 0.409. The third-order valence-electron chi connectivity index (χ3n) is 3.39. The third kappa shape index (κ3) is 2.80. The summed E-state index contributed by atoms with van der Waals surface area (Å²) in [6.07, 6.45) is 1.46. The van der Waals surface area contributed by atoms with Crippen molar-refractivity contribution in [2.45, 2.75) is 0 Å². The molecule has 3 rings (SSSR count). The Balaban J connectivity index is 2.18. The van der Waals surface area contributed by atoms with Crippen LogP contribution >= 0.6 is 11.6 Å². The highest BCUT2D eigenvalue weighted by Gasteiger charge is 2.17. The number of halogens is 1. The Morgan fingerprint density at radius 2 is 1.96 bits per heavy atom. The maximum absolute atomic E-state index is 6.24. The molecule has 0 unspecified atom stereocenters. The minimum Gasteiger partial charge on any atom is -0.493 e. The van der Waals surface area contributed by atoms with E-state index < -0.39 is 0 Å². The molecular formula is C16H15ClN4O2. The molecule has 1 aromatic heterocycles. The number of rotatable bonds is 4. The molecule has 0 atom stereocenters. The maximum atomic E-state index is 6.24. The van der Waals surface area contributed by atoms with Crippen LogP contribution in [0.4, 0.5) is 17.2 Å². The Morgan fingerprint density at radius 1 is 1.13 bits per heavy atom. The molecule has 118 valence electrons. The molecule has 0 aliphatic rings. The first-order chi connectivity index (χ1) is 11.1. The normalized spacial score (nSPS) is 10.6. The van der Waals surface area contributed by atoms with Gasteiger partial charge in [-0.05, 0) is 18.2 Å². The second-order valence-corrected chi connectivity index (χ2v) is 5.21. The first kappa shape index (κ1) is 15.2. The number of aromatic nitrogens is 2. The lowest BCUT2D eigenvalue weighted by Crippen LogP contribution is -2.02. The van der Waals surface area contributed by atoms with Gasteiger partial charge < -0.3 is 20.5 Å². The van der Waals surface area contributed by atoms with Crippen LogP contribution in [0.25, 0.3) is 10.9 Å². The average Bonchev–Trinajstić information content (AvgIpc) is 2.54. The number of hydrogen-bond acceptors (Lipinski definition) is 6. The van der Waals surface area contributed by atoms with Crippen LogP contribution in [0.5, 0.6) is 11.5 Å². The molecule has 7 heteroatoms. The van der Waals surface area contributed by atoms with Gasteiger partial charge in [-0.25, -0.2) is 9.97 Å². The Kier molecular flexibility index (Phi) is 4.08. The van der Waals surface area contributed by atoms with Gasteiger partial charge in [0.15, 0.2) is 11.5 Å². The molecule has 0 saturated carbocycles. The first-order valence-corrected chi connectivity index (χ1v) is 7.19. The van der Waals surface area contributed by atoms with Gasteiger partial charge in [-0.2, -0.15) is 0 Å². The number of anilines is 3. The van der Waals surface area contributed by atoms with Gasteiger partial charge in [0.25, 0.3) is 0 Å². The molecule has 0 amide bonds. The molecule has 0 fully saturated rings. The molecule has 0 radical (unpaired) electrons. The SMILES string of the molecule is COc1cc2ncnc(Nc3cccc(Cl)c3)c2c(N)c1OC. The van der Waals surface area contributed by atoms with E-state index >= 15 is 0 Å². The summed E-state index contributed by atoms with van der Waals surface area (Å²) in [6.45, 7) is 0. The summed E-state index contributed by atoms with van der Waals surface area (Å²) >= 11 is 6.01. The molecule has 0 aliphatic heterocycles. The second kappa shape index (κ2) is 6.18. The molecule has 23 heavy (non-hydrogen) atoms. The monoisotopic (exact) mass is 330 g/mol. The molecule has 0 saturated heterocycles. The van der Waals surface area contributed by atoms with E-state index in [9.17, 15) is 0 Å². The Morgan fingerprint density at radius 3 is 2.65 bits per heavy atom. The van der Waals surface area contributed by atoms with E-state index in [2.05, 4.69) is 15.3 Å². The van der Waals surface area contributed by atoms with E-state index in [0.29, 0.717) is 38.9 Å². The van der Waals surface area contributed by atoms with Crippen molar-refractivity contribution in [1.82, 2.24) is 9.97 Å². The lowest BCUT2D eigenvalue weighted by atomic mass is 10.1. The summed E-state index contributed by atoms with van der Waals surface area (Å²) in [5.41, 5.74) is 8.10. The predicted octanol–water partition coefficient (Wildman–Crippen LogP) is 3.63. The van der Waals surface area contributed by atoms with Crippen molar-refractivity contribution in [2.24, 2.45) is 0 Å². The number of nitrogen functional groups attached to an aromatic ring is 1. The van der Waals surface area contributed by atoms with Crippen LogP contribution in [0, 0.1) is 0 Å². The number of hydrogen-bond donors (Lipinski definition) is 2. The van der Waals surface area contributed by atoms with Gasteiger partial charge >= 0.3 is 0 Å². The van der Waals surface area contributed by atoms with Crippen LogP contribution < -0.4 is 20.5 Å². The van der Waals surface area contributed by atoms with Gasteiger partial charge in [-0.15, -0.1) is 0 Å². The van der Waals surface area contributed by atoms with E-state index in [4.69, 9.17) is 26.8 Å². The average molecular weight is 331 g/mol. The van der Waals surface area contributed by atoms with Crippen molar-refractivity contribution >= 4 is 39.7 Å². The van der Waals surface area contributed by atoms with Crippen molar-refractivity contribution in [3.8, 4) is 11.5 Å². The van der Waals surface area contributed by atoms with Crippen molar-refractivity contribution in [1.29, 1.82) is 0 Å². The predicted molar refractivity (Wildman–Crippen MR) is 91.8 cm³/mol. The van der Waals surface area contributed by atoms with Gasteiger partial charge in [0.2, 0.25) is 0 Å². The Labute approximate surface area is 138 Å². The van der Waals surface area contributed by atoms with Crippen molar-refractivity contribution in [2.75, 3.05) is 25.3 Å². The molecule has 6 nitrogen and oxygen atoms in total. The van der Waals surface area contributed by atoms with Gasteiger partial charge in [-0.1, -0.05) is 17.7 Å². The number of fused-ring (bicyclic) bond motifs is 1. The quantitative estimate of drug-likeness (QED) is 0.711. The molecule has 2 aromatic carbocycles. The van der Waals surface area contributed by atoms with E-state index in [-0.39, 0.29) is 0 Å². The van der Waals surface area contributed by atoms with Crippen LogP contribution in [0.3, 0.4) is 0 Å². The zero-order valence-electron chi connectivity index (χ0n) is 12.6. The lowest BCUT2D eigenvalue weighted by molar-refractivity contribution is 0.357. The van der Waals surface area contributed by atoms with Crippen molar-refractivity contribution in [3.63, 3.8) is 0 Å². The summed E-state index contributed by atoms with van der Waals surface area (Å²) in [5.74, 6) is 1.53. The second-order valence-electron chi connectivity index (χ2n) is 4.78. The van der Waals surface area contributed by atoms with E-state index in [0.717, 1.165) is 5.69 Å². The summed E-state index contributed by atoms with van der Waals surface area (Å²) in [4.78, 5) is 8.54. The molecular weight excluding hydrogens is 316 g/mol. The van der Waals surface area contributed by atoms with Gasteiger partial charge in [0.05, 0.1) is 30.8 Å². The zero-order chi connectivity index (χ0) is 16.4. The number of nitrogens with zero attached hydrogens (tertiary/aromatic N) is 2. The number of nitrogens with one attached hydrogen (secondary N) is 1. The van der Waals surface area contributed by atoms with E-state index in [1.807, 2.05) is 12.1 Å². The summed E-state index contributed by atoms with van der Waals surface area (Å²) in [7, 11) is 3.09. The molecule has 0 aliphatic carbocycles. The highest BCUT2D eigenvalue weighted by molar-refractivity contribution is 6.30. The number of benzene rings is 2. The fraction of sp³-hybridized carbons (Fsp3) is 0.125. The molecule has 3 aromatic rings. The Hall–Kier alpha value is -2.73. The third-order valence-corrected chi connectivity index (χ3v) is 3.63. The largest absolute Gasteiger partial charge is 0.493 e. The Bertz CT molecular complexity index is 870. The minimum absolute atomic E-state index is 0.409. The van der Waals surface area contributed by atoms with E-state index in [1.54, 1.807) is 25.3 Å². The summed E-state index contributed by atoms with van der Waals surface area (Å²) in [6, 6.07) is 9.09. The zero-order valence-corrected chi connectivity index (χ0v) is 13.4. The number of nitrogens with two attached hydrogens (primary N) is 1. The smallest absolute Gasteiger partial charge is 0.184 e. The number of methoxy groups -OCH3 is 2. The highest BCUT2D eigenvalue weighted by Crippen LogP contribution is 2.41. The standard InChI is InChI=1S/C16H15ClN4O2/c1-22-12-7-11-13(14(18)15(12)23-2)16(20-8-19-11)21-10-5-3-4-9(17)6-10/h3-8H,18H2,1-2H3,(H,19,20,21). The fourth-order valence-electron chi connectivity index (χ4n) is 2.37. The van der Waals surface area contributed by atoms with Gasteiger partial charge in [0, 0.05) is 16.8 Å².